The van der Waals surface area contributed by atoms with Crippen molar-refractivity contribution in [3.8, 4) is 0 Å². The Hall–Kier alpha value is -3.58. The molecule has 2 unspecified atom stereocenters. The number of unbranched alkanes of at least 4 members (excludes halogenated alkanes) is 4. The summed E-state index contributed by atoms with van der Waals surface area (Å²) >= 11 is 0. The monoisotopic (exact) mass is 694 g/mol. The molecule has 0 fully saturated rings. The fraction of sp³-hybridized carbons (Fsp3) is 0.515. The molecule has 14 heteroatoms. The van der Waals surface area contributed by atoms with Gasteiger partial charge in [-0.25, -0.2) is 4.79 Å². The van der Waals surface area contributed by atoms with Gasteiger partial charge in [-0.15, -0.1) is 24.8 Å². The molecule has 3 aromatic rings. The van der Waals surface area contributed by atoms with Crippen molar-refractivity contribution in [2.75, 3.05) is 13.1 Å². The fourth-order valence-electron chi connectivity index (χ4n) is 5.57. The number of nitro groups is 2. The van der Waals surface area contributed by atoms with Gasteiger partial charge in [0.2, 0.25) is 0 Å². The predicted octanol–water partition coefficient (Wildman–Crippen LogP) is 5.76. The van der Waals surface area contributed by atoms with Crippen LogP contribution in [0.1, 0.15) is 69.2 Å². The van der Waals surface area contributed by atoms with Crippen LogP contribution in [0.15, 0.2) is 64.2 Å². The maximum Gasteiger partial charge on any atom is 0.331 e. The molecule has 0 saturated heterocycles. The number of nitrogens with zero attached hydrogens (tertiary/aromatic N) is 4. The predicted molar refractivity (Wildman–Crippen MR) is 190 cm³/mol. The number of nitro benzene ring substituents is 2. The van der Waals surface area contributed by atoms with Crippen LogP contribution < -0.4 is 21.9 Å². The minimum Gasteiger partial charge on any atom is -0.314 e. The second kappa shape index (κ2) is 21.3. The van der Waals surface area contributed by atoms with Crippen LogP contribution in [0.3, 0.4) is 0 Å². The van der Waals surface area contributed by atoms with E-state index in [-0.39, 0.29) is 69.4 Å². The van der Waals surface area contributed by atoms with Crippen molar-refractivity contribution >= 4 is 36.2 Å². The zero-order valence-corrected chi connectivity index (χ0v) is 29.0. The first kappa shape index (κ1) is 41.4. The van der Waals surface area contributed by atoms with Gasteiger partial charge >= 0.3 is 5.69 Å². The minimum absolute atomic E-state index is 0. The average Bonchev–Trinajstić information content (AvgIpc) is 2.99. The molecule has 0 radical (unpaired) electrons. The lowest BCUT2D eigenvalue weighted by atomic mass is 10.0. The van der Waals surface area contributed by atoms with Crippen LogP contribution in [-0.2, 0) is 25.9 Å². The summed E-state index contributed by atoms with van der Waals surface area (Å²) in [5, 5.41) is 29.3. The van der Waals surface area contributed by atoms with Crippen molar-refractivity contribution in [2.24, 2.45) is 0 Å². The van der Waals surface area contributed by atoms with Crippen LogP contribution in [0.25, 0.3) is 0 Å². The lowest BCUT2D eigenvalue weighted by Gasteiger charge is -2.15. The number of halogens is 2. The van der Waals surface area contributed by atoms with Gasteiger partial charge in [0.1, 0.15) is 0 Å². The summed E-state index contributed by atoms with van der Waals surface area (Å²) in [6.45, 7) is 8.23. The molecule has 1 aromatic heterocycles. The van der Waals surface area contributed by atoms with Gasteiger partial charge in [0.05, 0.1) is 9.85 Å². The number of nitrogens with one attached hydrogen (secondary N) is 2. The topological polar surface area (TPSA) is 154 Å². The van der Waals surface area contributed by atoms with Gasteiger partial charge in [-0.2, -0.15) is 0 Å². The first-order chi connectivity index (χ1) is 21.6. The fourth-order valence-corrected chi connectivity index (χ4v) is 5.57. The third-order valence-corrected chi connectivity index (χ3v) is 8.02. The summed E-state index contributed by atoms with van der Waals surface area (Å²) in [5.41, 5.74) is 1.82. The zero-order chi connectivity index (χ0) is 32.8. The smallest absolute Gasteiger partial charge is 0.314 e. The quantitative estimate of drug-likeness (QED) is 0.0860. The highest BCUT2D eigenvalue weighted by atomic mass is 35.5. The van der Waals surface area contributed by atoms with Crippen molar-refractivity contribution in [3.63, 3.8) is 0 Å². The Kier molecular flexibility index (Phi) is 18.8. The van der Waals surface area contributed by atoms with Gasteiger partial charge in [0.15, 0.2) is 0 Å². The molecule has 3 rings (SSSR count). The van der Waals surface area contributed by atoms with E-state index < -0.39 is 0 Å². The van der Waals surface area contributed by atoms with Crippen LogP contribution in [0.4, 0.5) is 11.4 Å². The van der Waals surface area contributed by atoms with E-state index in [0.717, 1.165) is 45.2 Å². The molecule has 0 saturated carbocycles. The molecule has 0 amide bonds. The van der Waals surface area contributed by atoms with E-state index in [2.05, 4.69) is 10.6 Å². The van der Waals surface area contributed by atoms with Gasteiger partial charge in [-0.3, -0.25) is 34.2 Å². The van der Waals surface area contributed by atoms with E-state index in [1.165, 1.54) is 22.8 Å². The molecule has 2 atom stereocenters. The first-order valence-corrected chi connectivity index (χ1v) is 15.8. The maximum atomic E-state index is 13.1. The van der Waals surface area contributed by atoms with Gasteiger partial charge < -0.3 is 10.6 Å². The number of hydrogen-bond donors (Lipinski definition) is 2. The highest BCUT2D eigenvalue weighted by Gasteiger charge is 2.16. The molecule has 0 spiro atoms. The SMILES string of the molecule is Cc1cc(=O)n(CCCCCNC(C)Cc2ccccc2[N+](=O)[O-])c(=O)n1CCCCCNC(C)Cc1ccccc1[N+](=O)[O-].Cl.Cl. The summed E-state index contributed by atoms with van der Waals surface area (Å²) < 4.78 is 3.00. The first-order valence-electron chi connectivity index (χ1n) is 15.8. The molecule has 1 heterocycles. The van der Waals surface area contributed by atoms with Crippen LogP contribution in [0.2, 0.25) is 0 Å². The number of rotatable bonds is 20. The Morgan fingerprint density at radius 2 is 1.11 bits per heavy atom. The van der Waals surface area contributed by atoms with E-state index in [1.807, 2.05) is 26.0 Å². The Labute approximate surface area is 288 Å². The molecule has 47 heavy (non-hydrogen) atoms. The van der Waals surface area contributed by atoms with E-state index in [0.29, 0.717) is 49.2 Å². The number of benzene rings is 2. The maximum absolute atomic E-state index is 13.1. The average molecular weight is 696 g/mol. The summed E-state index contributed by atoms with van der Waals surface area (Å²) in [6.07, 6.45) is 6.15. The Morgan fingerprint density at radius 3 is 1.55 bits per heavy atom. The lowest BCUT2D eigenvalue weighted by Crippen LogP contribution is -2.40. The lowest BCUT2D eigenvalue weighted by molar-refractivity contribution is -0.385. The second-order valence-electron chi connectivity index (χ2n) is 11.7. The molecule has 0 aliphatic heterocycles. The van der Waals surface area contributed by atoms with Gasteiger partial charge in [-0.05, 0) is 72.4 Å². The third kappa shape index (κ3) is 13.2. The molecular formula is C33H48Cl2N6O6. The molecule has 0 aliphatic rings. The third-order valence-electron chi connectivity index (χ3n) is 8.02. The second-order valence-corrected chi connectivity index (χ2v) is 11.7. The van der Waals surface area contributed by atoms with E-state index in [4.69, 9.17) is 0 Å². The summed E-state index contributed by atoms with van der Waals surface area (Å²) in [5.74, 6) is 0. The van der Waals surface area contributed by atoms with Gasteiger partial charge in [-0.1, -0.05) is 49.2 Å². The molecule has 0 bridgehead atoms. The summed E-state index contributed by atoms with van der Waals surface area (Å²) in [7, 11) is 0. The molecule has 2 aromatic carbocycles. The van der Waals surface area contributed by atoms with Crippen molar-refractivity contribution in [1.29, 1.82) is 0 Å². The van der Waals surface area contributed by atoms with E-state index in [9.17, 15) is 29.8 Å². The van der Waals surface area contributed by atoms with Gasteiger partial charge in [0.25, 0.3) is 16.9 Å². The van der Waals surface area contributed by atoms with Gasteiger partial charge in [0, 0.05) is 60.2 Å². The highest BCUT2D eigenvalue weighted by Crippen LogP contribution is 2.20. The Bertz CT molecular complexity index is 1550. The van der Waals surface area contributed by atoms with Crippen molar-refractivity contribution < 1.29 is 9.85 Å². The minimum atomic E-state index is -0.351. The van der Waals surface area contributed by atoms with E-state index in [1.54, 1.807) is 35.8 Å². The van der Waals surface area contributed by atoms with E-state index >= 15 is 0 Å². The normalized spacial score (nSPS) is 12.1. The Morgan fingerprint density at radius 1 is 0.681 bits per heavy atom. The number of aryl methyl sites for hydroxylation is 1. The van der Waals surface area contributed by atoms with Crippen LogP contribution in [-0.4, -0.2) is 44.2 Å². The molecule has 260 valence electrons. The van der Waals surface area contributed by atoms with Crippen molar-refractivity contribution in [3.05, 3.63) is 112 Å². The van der Waals surface area contributed by atoms with Crippen LogP contribution in [0.5, 0.6) is 0 Å². The van der Waals surface area contributed by atoms with Crippen molar-refractivity contribution in [1.82, 2.24) is 19.8 Å². The number of aromatic nitrogens is 2. The summed E-state index contributed by atoms with van der Waals surface area (Å²) in [4.78, 5) is 47.5. The number of hydrogen-bond acceptors (Lipinski definition) is 8. The Balaban J connectivity index is 0.00000552. The molecule has 12 nitrogen and oxygen atoms in total. The molecule has 2 N–H and O–H groups in total. The van der Waals surface area contributed by atoms with Crippen molar-refractivity contribution in [2.45, 2.75) is 97.3 Å². The van der Waals surface area contributed by atoms with Crippen LogP contribution in [0, 0.1) is 27.2 Å². The molecule has 0 aliphatic carbocycles. The highest BCUT2D eigenvalue weighted by molar-refractivity contribution is 5.85. The summed E-state index contributed by atoms with van der Waals surface area (Å²) in [6, 6.07) is 15.3. The van der Waals surface area contributed by atoms with Crippen LogP contribution >= 0.6 is 24.8 Å². The zero-order valence-electron chi connectivity index (χ0n) is 27.4. The number of para-hydroxylation sites is 2. The standard InChI is InChI=1S/C33H46N6O6.2ClH/c1-25(22-28-14-6-8-16-30(28)38(42)43)34-18-10-4-12-20-36-27(3)24-32(40)37(33(36)41)21-13-5-11-19-35-26(2)23-29-15-7-9-17-31(29)39(44)45;;/h6-9,14-17,24-26,34-35H,4-5,10-13,18-23H2,1-3H3;2*1H. The largest absolute Gasteiger partial charge is 0.331 e. The molecular weight excluding hydrogens is 647 g/mol.